The van der Waals surface area contributed by atoms with E-state index >= 15 is 0 Å². The van der Waals surface area contributed by atoms with Gasteiger partial charge in [0.15, 0.2) is 5.90 Å². The summed E-state index contributed by atoms with van der Waals surface area (Å²) in [6, 6.07) is 8.08. The van der Waals surface area contributed by atoms with Crippen molar-refractivity contribution in [2.24, 2.45) is 10.4 Å². The van der Waals surface area contributed by atoms with E-state index < -0.39 is 21.8 Å². The molecule has 498 valence electrons. The molecule has 1 unspecified atom stereocenters. The van der Waals surface area contributed by atoms with Crippen LogP contribution in [0.4, 0.5) is 0 Å². The first kappa shape index (κ1) is 77.2. The van der Waals surface area contributed by atoms with Crippen molar-refractivity contribution in [3.63, 3.8) is 0 Å². The number of hydrogen-bond donors (Lipinski definition) is 2. The molecule has 10 heteroatoms. The largest absolute Gasteiger partial charge is 0.507 e. The Bertz CT molecular complexity index is 2200. The number of esters is 3. The second kappa shape index (κ2) is 39.2. The van der Waals surface area contributed by atoms with Crippen LogP contribution in [0, 0.1) is 5.41 Å². The van der Waals surface area contributed by atoms with Gasteiger partial charge < -0.3 is 29.2 Å². The Morgan fingerprint density at radius 3 is 1.05 bits per heavy atom. The van der Waals surface area contributed by atoms with E-state index in [0.717, 1.165) is 71.9 Å². The minimum atomic E-state index is -1.26. The van der Waals surface area contributed by atoms with E-state index in [1.807, 2.05) is 31.2 Å². The van der Waals surface area contributed by atoms with E-state index in [2.05, 4.69) is 96.9 Å². The molecule has 0 fully saturated rings. The van der Waals surface area contributed by atoms with Crippen LogP contribution >= 0.6 is 0 Å². The molecular formula is C77H131NO9. The van der Waals surface area contributed by atoms with E-state index in [-0.39, 0.29) is 86.6 Å². The number of nitrogens with zero attached hydrogens (tertiary/aromatic N) is 1. The number of carbonyl (C=O) groups is 3. The molecule has 1 heterocycles. The molecule has 0 saturated carbocycles. The Morgan fingerprint density at radius 1 is 0.437 bits per heavy atom. The predicted octanol–water partition coefficient (Wildman–Crippen LogP) is 21.2. The van der Waals surface area contributed by atoms with E-state index in [1.54, 1.807) is 0 Å². The van der Waals surface area contributed by atoms with Crippen molar-refractivity contribution in [2.75, 3.05) is 26.4 Å². The standard InChI is InChI=1S/C77H131NO9/c1-16-19-21-23-25-27-29-31-33-35-37-39-41-43-45-47-66(79)84-56-76(55-61-53-64(74(10,11)12)70(83)65(54-61)75(13,14)15,57-85-67(80)48-46-44-42-40-38-36-34-32-30-28-26-24-22-20-17-2)71-78-77(18-3,59-87-71)58-86-68(81)50-49-60-51-62(72(4,5)6)69(82)63(52-60)73(7,8)9/h51-54,82-83H,16-50,55-59H2,1-15H3. The fourth-order valence-electron chi connectivity index (χ4n) is 12.2. The van der Waals surface area contributed by atoms with E-state index in [9.17, 15) is 24.6 Å². The molecule has 87 heavy (non-hydrogen) atoms. The maximum atomic E-state index is 14.0. The molecule has 0 bridgehead atoms. The van der Waals surface area contributed by atoms with Crippen LogP contribution < -0.4 is 0 Å². The normalized spacial score (nSPS) is 15.0. The van der Waals surface area contributed by atoms with Crippen molar-refractivity contribution in [1.29, 1.82) is 0 Å². The van der Waals surface area contributed by atoms with Gasteiger partial charge in [-0.05, 0) is 87.1 Å². The second-order valence-electron chi connectivity index (χ2n) is 30.7. The van der Waals surface area contributed by atoms with Crippen molar-refractivity contribution < 1.29 is 43.5 Å². The maximum absolute atomic E-state index is 14.0. The van der Waals surface area contributed by atoms with Crippen LogP contribution in [-0.4, -0.2) is 66.0 Å². The van der Waals surface area contributed by atoms with Gasteiger partial charge in [-0.1, -0.05) is 308 Å². The summed E-state index contributed by atoms with van der Waals surface area (Å²) < 4.78 is 25.6. The number of hydrogen-bond acceptors (Lipinski definition) is 10. The number of phenolic OH excluding ortho intramolecular Hbond substituents is 2. The highest BCUT2D eigenvalue weighted by molar-refractivity contribution is 5.86. The number of aromatic hydroxyl groups is 2. The summed E-state index contributed by atoms with van der Waals surface area (Å²) in [5, 5.41) is 23.2. The van der Waals surface area contributed by atoms with Gasteiger partial charge in [0.05, 0.1) is 0 Å². The Labute approximate surface area is 533 Å². The summed E-state index contributed by atoms with van der Waals surface area (Å²) in [7, 11) is 0. The third-order valence-corrected chi connectivity index (χ3v) is 18.1. The van der Waals surface area contributed by atoms with E-state index in [1.165, 1.54) is 154 Å². The summed E-state index contributed by atoms with van der Waals surface area (Å²) in [6.45, 7) is 31.3. The third-order valence-electron chi connectivity index (χ3n) is 18.1. The van der Waals surface area contributed by atoms with Gasteiger partial charge in [-0.15, -0.1) is 0 Å². The fourth-order valence-corrected chi connectivity index (χ4v) is 12.2. The zero-order chi connectivity index (χ0) is 64.6. The van der Waals surface area contributed by atoms with Crippen molar-refractivity contribution in [2.45, 2.75) is 362 Å². The van der Waals surface area contributed by atoms with Gasteiger partial charge in [0, 0.05) is 19.3 Å². The van der Waals surface area contributed by atoms with Gasteiger partial charge in [-0.2, -0.15) is 0 Å². The first-order valence-electron chi connectivity index (χ1n) is 35.5. The number of unbranched alkanes of at least 4 members (excludes halogenated alkanes) is 28. The highest BCUT2D eigenvalue weighted by Gasteiger charge is 2.49. The first-order chi connectivity index (χ1) is 41.1. The topological polar surface area (TPSA) is 141 Å². The minimum Gasteiger partial charge on any atom is -0.507 e. The van der Waals surface area contributed by atoms with E-state index in [4.69, 9.17) is 23.9 Å². The Hall–Kier alpha value is -4.08. The van der Waals surface area contributed by atoms with E-state index in [0.29, 0.717) is 24.5 Å². The highest BCUT2D eigenvalue weighted by Crippen LogP contribution is 2.44. The maximum Gasteiger partial charge on any atom is 0.306 e. The van der Waals surface area contributed by atoms with Crippen molar-refractivity contribution in [3.8, 4) is 11.5 Å². The minimum absolute atomic E-state index is 0.0303. The van der Waals surface area contributed by atoms with Gasteiger partial charge in [0.25, 0.3) is 0 Å². The first-order valence-corrected chi connectivity index (χ1v) is 35.5. The molecule has 1 aliphatic rings. The molecule has 3 rings (SSSR count). The van der Waals surface area contributed by atoms with Crippen LogP contribution in [0.15, 0.2) is 29.3 Å². The van der Waals surface area contributed by atoms with Crippen LogP contribution in [0.1, 0.15) is 356 Å². The average molecular weight is 1210 g/mol. The van der Waals surface area contributed by atoms with Crippen LogP contribution in [0.3, 0.4) is 0 Å². The van der Waals surface area contributed by atoms with Crippen LogP contribution in [0.5, 0.6) is 11.5 Å². The zero-order valence-corrected chi connectivity index (χ0v) is 58.8. The number of rotatable bonds is 45. The monoisotopic (exact) mass is 1210 g/mol. The number of phenols is 2. The van der Waals surface area contributed by atoms with Crippen LogP contribution in [0.2, 0.25) is 0 Å². The number of carbonyl (C=O) groups excluding carboxylic acids is 3. The summed E-state index contributed by atoms with van der Waals surface area (Å²) in [5.41, 5.74) is 1.43. The Balaban J connectivity index is 1.88. The van der Waals surface area contributed by atoms with Gasteiger partial charge in [0.1, 0.15) is 48.9 Å². The van der Waals surface area contributed by atoms with Crippen LogP contribution in [0.25, 0.3) is 0 Å². The van der Waals surface area contributed by atoms with Gasteiger partial charge in [-0.25, -0.2) is 4.99 Å². The Morgan fingerprint density at radius 2 is 0.736 bits per heavy atom. The lowest BCUT2D eigenvalue weighted by Gasteiger charge is -2.34. The number of benzene rings is 2. The molecule has 10 nitrogen and oxygen atoms in total. The molecule has 0 aliphatic carbocycles. The number of aliphatic imine (C=N–C) groups is 1. The van der Waals surface area contributed by atoms with Gasteiger partial charge >= 0.3 is 17.9 Å². The number of ether oxygens (including phenoxy) is 4. The Kier molecular flexibility index (Phi) is 34.8. The van der Waals surface area contributed by atoms with Crippen molar-refractivity contribution >= 4 is 23.8 Å². The smallest absolute Gasteiger partial charge is 0.306 e. The molecule has 1 atom stereocenters. The summed E-state index contributed by atoms with van der Waals surface area (Å²) in [5.74, 6) is -0.142. The van der Waals surface area contributed by atoms with Crippen molar-refractivity contribution in [1.82, 2.24) is 0 Å². The fraction of sp³-hybridized carbons (Fsp3) is 0.792. The molecule has 2 N–H and O–H groups in total. The van der Waals surface area contributed by atoms with Crippen molar-refractivity contribution in [3.05, 3.63) is 57.6 Å². The predicted molar refractivity (Wildman–Crippen MR) is 364 cm³/mol. The lowest BCUT2D eigenvalue weighted by molar-refractivity contribution is -0.152. The molecule has 0 aromatic heterocycles. The number of aryl methyl sites for hydroxylation is 1. The lowest BCUT2D eigenvalue weighted by Crippen LogP contribution is -2.44. The molecule has 2 aromatic carbocycles. The summed E-state index contributed by atoms with van der Waals surface area (Å²) in [6.07, 6.45) is 38.9. The summed E-state index contributed by atoms with van der Waals surface area (Å²) in [4.78, 5) is 47.1. The quantitative estimate of drug-likeness (QED) is 0.0377. The van der Waals surface area contributed by atoms with Gasteiger partial charge in [-0.3, -0.25) is 14.4 Å². The highest BCUT2D eigenvalue weighted by atomic mass is 16.6. The third kappa shape index (κ3) is 29.2. The zero-order valence-electron chi connectivity index (χ0n) is 58.8. The molecule has 0 saturated heterocycles. The molecule has 0 amide bonds. The molecule has 0 radical (unpaired) electrons. The second-order valence-corrected chi connectivity index (χ2v) is 30.7. The molecular weight excluding hydrogens is 1080 g/mol. The molecule has 0 spiro atoms. The summed E-state index contributed by atoms with van der Waals surface area (Å²) >= 11 is 0. The molecule has 1 aliphatic heterocycles. The lowest BCUT2D eigenvalue weighted by atomic mass is 9.75. The van der Waals surface area contributed by atoms with Gasteiger partial charge in [0.2, 0.25) is 0 Å². The molecule has 2 aromatic rings. The SMILES string of the molecule is CCCCCCCCCCCCCCCCCC(=O)OCC(COC(=O)CCCCCCCCCCCCCCCCC)(Cc1cc(C(C)(C)C)c(O)c(C(C)(C)C)c1)C1=NC(CC)(COC(=O)CCc2cc(C(C)(C)C)c(O)c(C(C)(C)C)c2)CO1. The average Bonchev–Trinajstić information content (AvgIpc) is 2.31. The van der Waals surface area contributed by atoms with Crippen LogP contribution in [-0.2, 0) is 67.8 Å².